The molecule has 0 aromatic rings. The van der Waals surface area contributed by atoms with E-state index >= 15 is 0 Å². The first-order valence-electron chi connectivity index (χ1n) is 3.74. The molecule has 0 N–H and O–H groups in total. The summed E-state index contributed by atoms with van der Waals surface area (Å²) in [5.41, 5.74) is 0. The van der Waals surface area contributed by atoms with Gasteiger partial charge in [-0.25, -0.2) is 0 Å². The van der Waals surface area contributed by atoms with Gasteiger partial charge in [0.25, 0.3) is 5.91 Å². The number of fused-ring (bicyclic) bond motifs is 1. The van der Waals surface area contributed by atoms with Crippen molar-refractivity contribution in [3.8, 4) is 0 Å². The molecule has 0 radical (unpaired) electrons. The highest BCUT2D eigenvalue weighted by molar-refractivity contribution is 7.96. The van der Waals surface area contributed by atoms with Gasteiger partial charge >= 0.3 is 0 Å². The van der Waals surface area contributed by atoms with Crippen LogP contribution in [0.5, 0.6) is 0 Å². The Kier molecular flexibility index (Phi) is 1.81. The molecule has 4 heteroatoms. The lowest BCUT2D eigenvalue weighted by Gasteiger charge is -2.25. The standard InChI is InChI=1S/C7H12NO2S/c1-11-3-6-2-10-5-8(6)7(9)4-11/h6H,2-5H2,1H3/q+1/t6-,11?/m0/s1. The van der Waals surface area contributed by atoms with E-state index in [1.165, 1.54) is 0 Å². The Morgan fingerprint density at radius 1 is 1.73 bits per heavy atom. The Balaban J connectivity index is 2.10. The maximum Gasteiger partial charge on any atom is 0.274 e. The fraction of sp³-hybridized carbons (Fsp3) is 0.857. The molecule has 2 aliphatic heterocycles. The Morgan fingerprint density at radius 2 is 2.55 bits per heavy atom. The summed E-state index contributed by atoms with van der Waals surface area (Å²) in [6.07, 6.45) is 2.16. The van der Waals surface area contributed by atoms with Crippen LogP contribution in [0.15, 0.2) is 0 Å². The summed E-state index contributed by atoms with van der Waals surface area (Å²) in [6.45, 7) is 1.28. The summed E-state index contributed by atoms with van der Waals surface area (Å²) in [4.78, 5) is 13.2. The quantitative estimate of drug-likeness (QED) is 0.460. The Morgan fingerprint density at radius 3 is 3.36 bits per heavy atom. The van der Waals surface area contributed by atoms with Gasteiger partial charge in [-0.15, -0.1) is 0 Å². The van der Waals surface area contributed by atoms with E-state index in [0.717, 1.165) is 18.1 Å². The summed E-state index contributed by atoms with van der Waals surface area (Å²) in [7, 11) is 0.298. The molecule has 0 aliphatic carbocycles. The number of ether oxygens (including phenoxy) is 1. The summed E-state index contributed by atoms with van der Waals surface area (Å²) in [5.74, 6) is 2.16. The molecule has 2 aliphatic rings. The van der Waals surface area contributed by atoms with Crippen molar-refractivity contribution in [3.63, 3.8) is 0 Å². The number of carbonyl (C=O) groups excluding carboxylic acids is 1. The van der Waals surface area contributed by atoms with Crippen molar-refractivity contribution < 1.29 is 9.53 Å². The third kappa shape index (κ3) is 1.25. The normalized spacial score (nSPS) is 37.5. The first-order valence-corrected chi connectivity index (χ1v) is 5.71. The van der Waals surface area contributed by atoms with Crippen LogP contribution in [0.4, 0.5) is 0 Å². The molecule has 2 fully saturated rings. The van der Waals surface area contributed by atoms with Gasteiger partial charge in [0.2, 0.25) is 0 Å². The number of nitrogens with zero attached hydrogens (tertiary/aromatic N) is 1. The fourth-order valence-electron chi connectivity index (χ4n) is 1.58. The Hall–Kier alpha value is -0.220. The number of hydrogen-bond acceptors (Lipinski definition) is 2. The largest absolute Gasteiger partial charge is 0.359 e. The molecule has 3 nitrogen and oxygen atoms in total. The van der Waals surface area contributed by atoms with Crippen LogP contribution in [0.3, 0.4) is 0 Å². The van der Waals surface area contributed by atoms with Crippen LogP contribution in [0.25, 0.3) is 0 Å². The minimum Gasteiger partial charge on any atom is -0.359 e. The van der Waals surface area contributed by atoms with Gasteiger partial charge in [-0.2, -0.15) is 0 Å². The van der Waals surface area contributed by atoms with E-state index < -0.39 is 0 Å². The van der Waals surface area contributed by atoms with Gasteiger partial charge in [0.1, 0.15) is 18.5 Å². The molecule has 0 spiro atoms. The summed E-state index contributed by atoms with van der Waals surface area (Å²) in [5, 5.41) is 0. The molecule has 2 rings (SSSR count). The highest BCUT2D eigenvalue weighted by Gasteiger charge is 2.40. The van der Waals surface area contributed by atoms with Crippen molar-refractivity contribution in [2.24, 2.45) is 0 Å². The lowest BCUT2D eigenvalue weighted by molar-refractivity contribution is -0.130. The Bertz CT molecular complexity index is 185. The third-order valence-electron chi connectivity index (χ3n) is 2.15. The fourth-order valence-corrected chi connectivity index (χ4v) is 3.22. The third-order valence-corrected chi connectivity index (χ3v) is 3.84. The number of amides is 1. The van der Waals surface area contributed by atoms with E-state index in [-0.39, 0.29) is 5.91 Å². The zero-order valence-corrected chi connectivity index (χ0v) is 7.39. The molecule has 1 amide bonds. The molecule has 2 atom stereocenters. The molecule has 11 heavy (non-hydrogen) atoms. The molecule has 2 heterocycles. The van der Waals surface area contributed by atoms with E-state index in [0.29, 0.717) is 23.7 Å². The number of hydrogen-bond donors (Lipinski definition) is 0. The summed E-state index contributed by atoms with van der Waals surface area (Å²) < 4.78 is 5.22. The highest BCUT2D eigenvalue weighted by atomic mass is 32.2. The maximum absolute atomic E-state index is 11.3. The SMILES string of the molecule is C[S+]1CC(=O)N2COC[C@H]2C1. The highest BCUT2D eigenvalue weighted by Crippen LogP contribution is 2.18. The van der Waals surface area contributed by atoms with Gasteiger partial charge < -0.3 is 9.64 Å². The molecule has 0 aromatic heterocycles. The summed E-state index contributed by atoms with van der Waals surface area (Å²) in [6, 6.07) is 0.393. The van der Waals surface area contributed by atoms with Crippen LogP contribution in [-0.2, 0) is 20.4 Å². The summed E-state index contributed by atoms with van der Waals surface area (Å²) >= 11 is 0. The second-order valence-electron chi connectivity index (χ2n) is 3.11. The predicted octanol–water partition coefficient (Wildman–Crippen LogP) is -0.567. The second-order valence-corrected chi connectivity index (χ2v) is 5.29. The van der Waals surface area contributed by atoms with Gasteiger partial charge in [-0.3, -0.25) is 4.79 Å². The molecular weight excluding hydrogens is 162 g/mol. The van der Waals surface area contributed by atoms with Crippen molar-refractivity contribution in [1.29, 1.82) is 0 Å². The zero-order valence-electron chi connectivity index (χ0n) is 6.58. The smallest absolute Gasteiger partial charge is 0.274 e. The number of rotatable bonds is 0. The van der Waals surface area contributed by atoms with Gasteiger partial charge in [0, 0.05) is 0 Å². The van der Waals surface area contributed by atoms with Crippen LogP contribution in [0.1, 0.15) is 0 Å². The molecular formula is C7H12NO2S+. The minimum atomic E-state index is 0.282. The minimum absolute atomic E-state index is 0.282. The number of carbonyl (C=O) groups is 1. The molecule has 1 unspecified atom stereocenters. The van der Waals surface area contributed by atoms with E-state index in [2.05, 4.69) is 6.26 Å². The maximum atomic E-state index is 11.3. The lowest BCUT2D eigenvalue weighted by Crippen LogP contribution is -2.49. The van der Waals surface area contributed by atoms with Crippen LogP contribution in [-0.4, -0.2) is 47.9 Å². The van der Waals surface area contributed by atoms with Crippen molar-refractivity contribution >= 4 is 16.8 Å². The van der Waals surface area contributed by atoms with Crippen LogP contribution in [0, 0.1) is 0 Å². The van der Waals surface area contributed by atoms with E-state index in [1.54, 1.807) is 0 Å². The van der Waals surface area contributed by atoms with Crippen molar-refractivity contribution in [2.75, 3.05) is 31.1 Å². The molecule has 0 saturated carbocycles. The van der Waals surface area contributed by atoms with Gasteiger partial charge in [-0.05, 0) is 10.9 Å². The molecule has 62 valence electrons. The van der Waals surface area contributed by atoms with Crippen molar-refractivity contribution in [2.45, 2.75) is 6.04 Å². The topological polar surface area (TPSA) is 29.5 Å². The predicted molar refractivity (Wildman–Crippen MR) is 44.5 cm³/mol. The first kappa shape index (κ1) is 7.43. The lowest BCUT2D eigenvalue weighted by atomic mass is 10.3. The van der Waals surface area contributed by atoms with E-state index in [9.17, 15) is 4.79 Å². The van der Waals surface area contributed by atoms with E-state index in [4.69, 9.17) is 4.74 Å². The van der Waals surface area contributed by atoms with Gasteiger partial charge in [0.05, 0.1) is 12.9 Å². The molecule has 2 saturated heterocycles. The molecule has 0 aromatic carbocycles. The van der Waals surface area contributed by atoms with Crippen LogP contribution < -0.4 is 0 Å². The van der Waals surface area contributed by atoms with Crippen molar-refractivity contribution in [1.82, 2.24) is 4.90 Å². The molecule has 0 bridgehead atoms. The Labute approximate surface area is 69.0 Å². The van der Waals surface area contributed by atoms with Crippen LogP contribution in [0.2, 0.25) is 0 Å². The second kappa shape index (κ2) is 2.68. The van der Waals surface area contributed by atoms with Crippen LogP contribution >= 0.6 is 0 Å². The monoisotopic (exact) mass is 174 g/mol. The average molecular weight is 174 g/mol. The van der Waals surface area contributed by atoms with Crippen molar-refractivity contribution in [3.05, 3.63) is 0 Å². The average Bonchev–Trinajstić information content (AvgIpc) is 2.34. The van der Waals surface area contributed by atoms with Gasteiger partial charge in [-0.1, -0.05) is 0 Å². The van der Waals surface area contributed by atoms with Gasteiger partial charge in [0.15, 0.2) is 5.75 Å². The zero-order chi connectivity index (χ0) is 7.84. The van der Waals surface area contributed by atoms with E-state index in [1.807, 2.05) is 4.90 Å². The first-order chi connectivity index (χ1) is 5.27.